The van der Waals surface area contributed by atoms with Crippen LogP contribution >= 0.6 is 58.0 Å². The van der Waals surface area contributed by atoms with Crippen molar-refractivity contribution in [1.29, 1.82) is 0 Å². The summed E-state index contributed by atoms with van der Waals surface area (Å²) in [7, 11) is 0. The van der Waals surface area contributed by atoms with Crippen LogP contribution in [0.15, 0.2) is 54.6 Å². The minimum Gasteiger partial charge on any atom is -0.443 e. The molecule has 1 aliphatic carbocycles. The number of nitrogens with zero attached hydrogens (tertiary/aromatic N) is 1. The number of carbonyl (C=O) groups excluding carboxylic acids is 4. The van der Waals surface area contributed by atoms with Crippen LogP contribution in [0, 0.1) is 11.7 Å². The highest BCUT2D eigenvalue weighted by Gasteiger charge is 2.67. The number of hydrogen-bond donors (Lipinski definition) is 2. The van der Waals surface area contributed by atoms with Crippen molar-refractivity contribution in [3.63, 3.8) is 0 Å². The second-order valence-corrected chi connectivity index (χ2v) is 15.7. The SMILES string of the molecule is CC(C)(C)OC(=O)N(C(=O)OC(C)(C)C)c1ccc(F)cc1NC(=O)c1cc(NC(=O)[C@H]2[C@H](c3cc(Cl)cc(Cl)c3)C2(Cl)Cl)ccc1Cl. The molecule has 9 nitrogen and oxygen atoms in total. The minimum absolute atomic E-state index is 0.0264. The lowest BCUT2D eigenvalue weighted by Crippen LogP contribution is -2.44. The summed E-state index contributed by atoms with van der Waals surface area (Å²) in [5.74, 6) is -3.70. The Morgan fingerprint density at radius 1 is 0.792 bits per heavy atom. The van der Waals surface area contributed by atoms with Gasteiger partial charge in [0.2, 0.25) is 5.91 Å². The van der Waals surface area contributed by atoms with Crippen molar-refractivity contribution in [2.24, 2.45) is 5.92 Å². The third-order valence-corrected chi connectivity index (χ3v) is 8.36. The van der Waals surface area contributed by atoms with Crippen LogP contribution in [0.1, 0.15) is 63.4 Å². The molecular weight excluding hydrogens is 731 g/mol. The summed E-state index contributed by atoms with van der Waals surface area (Å²) in [4.78, 5) is 53.9. The van der Waals surface area contributed by atoms with E-state index in [0.717, 1.165) is 18.2 Å². The van der Waals surface area contributed by atoms with Gasteiger partial charge in [-0.1, -0.05) is 34.8 Å². The van der Waals surface area contributed by atoms with Crippen LogP contribution in [0.3, 0.4) is 0 Å². The molecule has 2 N–H and O–H groups in total. The first-order valence-corrected chi connectivity index (χ1v) is 16.3. The summed E-state index contributed by atoms with van der Waals surface area (Å²) < 4.78 is 23.9. The van der Waals surface area contributed by atoms with Crippen molar-refractivity contribution in [2.45, 2.75) is 63.0 Å². The van der Waals surface area contributed by atoms with Gasteiger partial charge < -0.3 is 20.1 Å². The molecule has 3 aromatic carbocycles. The van der Waals surface area contributed by atoms with Gasteiger partial charge in [0.15, 0.2) is 0 Å². The number of amides is 4. The third-order valence-electron chi connectivity index (χ3n) is 6.66. The Kier molecular flexibility index (Phi) is 10.9. The first-order valence-electron chi connectivity index (χ1n) is 14.4. The van der Waals surface area contributed by atoms with Gasteiger partial charge in [-0.2, -0.15) is 4.90 Å². The van der Waals surface area contributed by atoms with Crippen molar-refractivity contribution < 1.29 is 33.0 Å². The number of rotatable bonds is 6. The van der Waals surface area contributed by atoms with Crippen LogP contribution in [0.25, 0.3) is 0 Å². The van der Waals surface area contributed by atoms with Gasteiger partial charge in [-0.05, 0) is 102 Å². The molecule has 2 atom stereocenters. The topological polar surface area (TPSA) is 114 Å². The van der Waals surface area contributed by atoms with Crippen molar-refractivity contribution in [3.8, 4) is 0 Å². The van der Waals surface area contributed by atoms with Crippen LogP contribution < -0.4 is 15.5 Å². The lowest BCUT2D eigenvalue weighted by molar-refractivity contribution is -0.117. The molecule has 1 saturated carbocycles. The number of benzene rings is 3. The summed E-state index contributed by atoms with van der Waals surface area (Å²) in [5.41, 5.74) is -1.96. The average molecular weight is 762 g/mol. The van der Waals surface area contributed by atoms with Crippen LogP contribution in [-0.4, -0.2) is 39.5 Å². The molecule has 0 unspecified atom stereocenters. The average Bonchev–Trinajstić information content (AvgIpc) is 3.50. The van der Waals surface area contributed by atoms with Crippen LogP contribution in [0.5, 0.6) is 0 Å². The summed E-state index contributed by atoms with van der Waals surface area (Å²) in [6.07, 6.45) is -2.26. The highest BCUT2D eigenvalue weighted by atomic mass is 35.5. The summed E-state index contributed by atoms with van der Waals surface area (Å²) in [6.45, 7) is 9.56. The van der Waals surface area contributed by atoms with E-state index in [-0.39, 0.29) is 27.6 Å². The van der Waals surface area contributed by atoms with Gasteiger partial charge in [0.1, 0.15) is 21.4 Å². The lowest BCUT2D eigenvalue weighted by Gasteiger charge is -2.29. The van der Waals surface area contributed by atoms with Crippen molar-refractivity contribution in [1.82, 2.24) is 0 Å². The van der Waals surface area contributed by atoms with Gasteiger partial charge in [-0.15, -0.1) is 23.2 Å². The molecule has 4 amide bonds. The summed E-state index contributed by atoms with van der Waals surface area (Å²) >= 11 is 31.5. The number of hydrogen-bond acceptors (Lipinski definition) is 6. The molecule has 3 aromatic rings. The van der Waals surface area contributed by atoms with E-state index < -0.39 is 57.2 Å². The van der Waals surface area contributed by atoms with Gasteiger partial charge in [0.05, 0.1) is 27.9 Å². The van der Waals surface area contributed by atoms with Crippen LogP contribution in [0.4, 0.5) is 31.0 Å². The quantitative estimate of drug-likeness (QED) is 0.242. The second-order valence-electron chi connectivity index (χ2n) is 12.9. The molecule has 256 valence electrons. The molecule has 0 spiro atoms. The fourth-order valence-corrected chi connectivity index (χ4v) is 6.27. The number of imide groups is 1. The molecular formula is C33H31Cl5FN3O6. The zero-order chi connectivity index (χ0) is 35.9. The number of nitrogens with one attached hydrogen (secondary N) is 2. The molecule has 0 bridgehead atoms. The van der Waals surface area contributed by atoms with Gasteiger partial charge in [0, 0.05) is 21.7 Å². The summed E-state index contributed by atoms with van der Waals surface area (Å²) in [6, 6.07) is 11.9. The number of ether oxygens (including phenoxy) is 2. The number of halogens is 6. The summed E-state index contributed by atoms with van der Waals surface area (Å²) in [5, 5.41) is 5.85. The second kappa shape index (κ2) is 13.9. The maximum Gasteiger partial charge on any atom is 0.424 e. The van der Waals surface area contributed by atoms with Gasteiger partial charge in [-0.25, -0.2) is 14.0 Å². The largest absolute Gasteiger partial charge is 0.443 e. The zero-order valence-corrected chi connectivity index (χ0v) is 30.3. The predicted octanol–water partition coefficient (Wildman–Crippen LogP) is 10.2. The Morgan fingerprint density at radius 2 is 1.35 bits per heavy atom. The maximum absolute atomic E-state index is 14.5. The van der Waals surface area contributed by atoms with E-state index in [1.165, 1.54) is 24.3 Å². The molecule has 0 radical (unpaired) electrons. The first-order chi connectivity index (χ1) is 22.1. The van der Waals surface area contributed by atoms with Gasteiger partial charge >= 0.3 is 12.2 Å². The molecule has 48 heavy (non-hydrogen) atoms. The molecule has 15 heteroatoms. The molecule has 1 aliphatic rings. The number of alkyl halides is 2. The molecule has 0 aliphatic heterocycles. The predicted molar refractivity (Wildman–Crippen MR) is 187 cm³/mol. The molecule has 4 rings (SSSR count). The van der Waals surface area contributed by atoms with Gasteiger partial charge in [0.25, 0.3) is 5.91 Å². The van der Waals surface area contributed by atoms with E-state index >= 15 is 0 Å². The van der Waals surface area contributed by atoms with Gasteiger partial charge in [-0.3, -0.25) is 9.59 Å². The van der Waals surface area contributed by atoms with Crippen LogP contribution in [-0.2, 0) is 14.3 Å². The third kappa shape index (κ3) is 9.03. The Labute approximate surface area is 301 Å². The molecule has 1 fully saturated rings. The lowest BCUT2D eigenvalue weighted by atomic mass is 10.1. The zero-order valence-electron chi connectivity index (χ0n) is 26.5. The van der Waals surface area contributed by atoms with E-state index in [1.807, 2.05) is 0 Å². The number of anilines is 3. The van der Waals surface area contributed by atoms with Crippen molar-refractivity contribution >= 4 is 99.1 Å². The van der Waals surface area contributed by atoms with E-state index in [0.29, 0.717) is 20.5 Å². The Balaban J connectivity index is 1.61. The van der Waals surface area contributed by atoms with E-state index in [9.17, 15) is 23.6 Å². The number of carbonyl (C=O) groups is 4. The van der Waals surface area contributed by atoms with E-state index in [2.05, 4.69) is 10.6 Å². The Morgan fingerprint density at radius 3 is 1.90 bits per heavy atom. The normalized spacial score (nSPS) is 16.8. The van der Waals surface area contributed by atoms with E-state index in [4.69, 9.17) is 67.5 Å². The fraction of sp³-hybridized carbons (Fsp3) is 0.333. The highest BCUT2D eigenvalue weighted by molar-refractivity contribution is 6.53. The van der Waals surface area contributed by atoms with Crippen molar-refractivity contribution in [3.05, 3.63) is 86.6 Å². The fourth-order valence-electron chi connectivity index (χ4n) is 4.70. The molecule has 0 heterocycles. The smallest absolute Gasteiger partial charge is 0.424 e. The minimum atomic E-state index is -1.45. The monoisotopic (exact) mass is 759 g/mol. The Bertz CT molecular complexity index is 1740. The van der Waals surface area contributed by atoms with Crippen molar-refractivity contribution in [2.75, 3.05) is 15.5 Å². The highest BCUT2D eigenvalue weighted by Crippen LogP contribution is 2.65. The van der Waals surface area contributed by atoms with E-state index in [1.54, 1.807) is 53.7 Å². The van der Waals surface area contributed by atoms with Crippen LogP contribution in [0.2, 0.25) is 15.1 Å². The Hall–Kier alpha value is -3.28. The standard InChI is InChI=1S/C33H31Cl5FN3O6/c1-31(2,3)47-29(45)42(30(46)48-32(4,5)6)24-10-7-19(39)14-23(24)41-27(43)21-15-20(8-9-22(21)36)40-28(44)26-25(33(26,37)38)16-11-17(34)13-18(35)12-16/h7-15,25-26H,1-6H3,(H,40,44)(H,41,43)/t25-,26+/m0/s1. The first kappa shape index (κ1) is 37.5. The molecule has 0 saturated heterocycles. The maximum atomic E-state index is 14.5. The molecule has 0 aromatic heterocycles.